The molecule has 34 heavy (non-hydrogen) atoms. The summed E-state index contributed by atoms with van der Waals surface area (Å²) in [6.07, 6.45) is 3.04. The van der Waals surface area contributed by atoms with Crippen molar-refractivity contribution in [2.75, 3.05) is 0 Å². The number of hydrogen-bond donors (Lipinski definition) is 5. The second-order valence-electron chi connectivity index (χ2n) is 5.52. The largest absolute Gasteiger partial charge is 0.487 e. The van der Waals surface area contributed by atoms with E-state index >= 15 is 0 Å². The first-order valence-electron chi connectivity index (χ1n) is 8.60. The third kappa shape index (κ3) is 13.9. The van der Waals surface area contributed by atoms with Gasteiger partial charge in [0.2, 0.25) is 10.0 Å². The van der Waals surface area contributed by atoms with Crippen LogP contribution in [0.4, 0.5) is 0 Å². The van der Waals surface area contributed by atoms with Crippen molar-refractivity contribution in [2.45, 2.75) is 19.2 Å². The van der Waals surface area contributed by atoms with E-state index in [-0.39, 0.29) is 17.8 Å². The van der Waals surface area contributed by atoms with Gasteiger partial charge in [0.25, 0.3) is 10.3 Å². The monoisotopic (exact) mass is 530 g/mol. The van der Waals surface area contributed by atoms with E-state index in [1.54, 1.807) is 24.3 Å². The molecular formula is C21H30N4O6S3. The van der Waals surface area contributed by atoms with Gasteiger partial charge in [-0.3, -0.25) is 0 Å². The second-order valence-corrected chi connectivity index (χ2v) is 7.89. The minimum Gasteiger partial charge on any atom is -0.487 e. The Hall–Kier alpha value is -3.36. The maximum atomic E-state index is 11.7. The van der Waals surface area contributed by atoms with Crippen molar-refractivity contribution in [1.82, 2.24) is 4.98 Å². The fraction of sp³-hybridized carbons (Fsp3) is 0.0952. The molecule has 1 aromatic heterocycles. The van der Waals surface area contributed by atoms with Crippen molar-refractivity contribution in [1.29, 1.82) is 0 Å². The lowest BCUT2D eigenvalue weighted by molar-refractivity contribution is 0.559. The lowest BCUT2D eigenvalue weighted by Gasteiger charge is -2.06. The van der Waals surface area contributed by atoms with Crippen LogP contribution in [0.25, 0.3) is 22.6 Å². The third-order valence-corrected chi connectivity index (χ3v) is 4.02. The summed E-state index contributed by atoms with van der Waals surface area (Å²) in [6, 6.07) is 15.8. The highest BCUT2D eigenvalue weighted by atomic mass is 32.2. The van der Waals surface area contributed by atoms with Crippen molar-refractivity contribution >= 4 is 44.8 Å². The first-order chi connectivity index (χ1) is 14.9. The zero-order valence-electron chi connectivity index (χ0n) is 17.6. The Labute approximate surface area is 210 Å². The molecular weight excluding hydrogens is 500 g/mol. The molecule has 0 atom stereocenters. The average Bonchev–Trinajstić information content (AvgIpc) is 3.17. The van der Waals surface area contributed by atoms with E-state index in [4.69, 9.17) is 19.8 Å². The van der Waals surface area contributed by atoms with E-state index in [0.717, 1.165) is 5.56 Å². The van der Waals surface area contributed by atoms with Crippen LogP contribution in [0.5, 0.6) is 0 Å². The summed E-state index contributed by atoms with van der Waals surface area (Å²) in [4.78, 5) is 4.17. The summed E-state index contributed by atoms with van der Waals surface area (Å²) in [7, 11) is -3.84. The van der Waals surface area contributed by atoms with Crippen LogP contribution in [0.3, 0.4) is 0 Å². The standard InChI is InChI=1S/C15H12N2O3S.C3H6.2CH3NOS.CH4.H2O/c16-21(18,19)13-9-5-4-8-12(13)14-15(20-10-17-14)11-6-2-1-3-7-11;1-3-2;2*2-1(3)4;;/h1-10H,(H2,16,18,19);3H,1H2,2H3;2*(H3,2,3,4);1H4;1H2. The molecule has 0 saturated carbocycles. The van der Waals surface area contributed by atoms with Gasteiger partial charge in [-0.25, -0.2) is 18.5 Å². The van der Waals surface area contributed by atoms with E-state index < -0.39 is 20.4 Å². The molecule has 0 amide bonds. The Kier molecular flexibility index (Phi) is 18.8. The minimum absolute atomic E-state index is 0. The number of nitrogens with two attached hydrogens (primary N) is 3. The van der Waals surface area contributed by atoms with Gasteiger partial charge in [0.1, 0.15) is 5.69 Å². The number of aliphatic hydroxyl groups is 2. The summed E-state index contributed by atoms with van der Waals surface area (Å²) in [5, 5.41) is 19.4. The van der Waals surface area contributed by atoms with E-state index in [2.05, 4.69) is 47.5 Å². The van der Waals surface area contributed by atoms with Crippen molar-refractivity contribution < 1.29 is 28.5 Å². The molecule has 0 unspecified atom stereocenters. The highest BCUT2D eigenvalue weighted by Crippen LogP contribution is 2.34. The van der Waals surface area contributed by atoms with Crippen molar-refractivity contribution in [2.24, 2.45) is 16.6 Å². The number of nitrogens with zero attached hydrogens (tertiary/aromatic N) is 1. The smallest absolute Gasteiger partial charge is 0.251 e. The number of sulfonamides is 1. The van der Waals surface area contributed by atoms with Crippen LogP contribution in [-0.2, 0) is 10.0 Å². The Morgan fingerprint density at radius 3 is 1.88 bits per heavy atom. The predicted molar refractivity (Wildman–Crippen MR) is 144 cm³/mol. The zero-order valence-corrected chi connectivity index (χ0v) is 20.0. The lowest BCUT2D eigenvalue weighted by atomic mass is 10.1. The average molecular weight is 531 g/mol. The van der Waals surface area contributed by atoms with Gasteiger partial charge in [-0.05, 0) is 37.4 Å². The molecule has 0 spiro atoms. The van der Waals surface area contributed by atoms with Gasteiger partial charge in [0.15, 0.2) is 12.2 Å². The normalized spacial score (nSPS) is 8.88. The maximum absolute atomic E-state index is 11.7. The summed E-state index contributed by atoms with van der Waals surface area (Å²) >= 11 is 7.74. The summed E-state index contributed by atoms with van der Waals surface area (Å²) in [6.45, 7) is 5.25. The zero-order chi connectivity index (χ0) is 24.7. The van der Waals surface area contributed by atoms with Crippen LogP contribution in [-0.4, -0.2) is 39.4 Å². The minimum atomic E-state index is -3.84. The van der Waals surface area contributed by atoms with Gasteiger partial charge in [-0.2, -0.15) is 0 Å². The van der Waals surface area contributed by atoms with Crippen LogP contribution in [0.2, 0.25) is 0 Å². The first kappa shape index (κ1) is 35.2. The number of oxazole rings is 1. The number of allylic oxidation sites excluding steroid dienone is 1. The van der Waals surface area contributed by atoms with Gasteiger partial charge in [-0.1, -0.05) is 62.0 Å². The molecule has 10 nitrogen and oxygen atoms in total. The van der Waals surface area contributed by atoms with Crippen molar-refractivity contribution in [3.63, 3.8) is 0 Å². The number of aliphatic hydroxyl groups excluding tert-OH is 2. The van der Waals surface area contributed by atoms with Gasteiger partial charge >= 0.3 is 0 Å². The predicted octanol–water partition coefficient (Wildman–Crippen LogP) is 3.24. The van der Waals surface area contributed by atoms with Gasteiger partial charge in [0, 0.05) is 11.1 Å². The van der Waals surface area contributed by atoms with Crippen LogP contribution in [0.15, 0.2) is 83.0 Å². The van der Waals surface area contributed by atoms with Crippen LogP contribution < -0.4 is 16.6 Å². The molecule has 3 aromatic rings. The molecule has 0 aliphatic heterocycles. The van der Waals surface area contributed by atoms with E-state index in [9.17, 15) is 8.42 Å². The van der Waals surface area contributed by atoms with E-state index in [0.29, 0.717) is 17.0 Å². The Morgan fingerprint density at radius 1 is 1.03 bits per heavy atom. The molecule has 0 aliphatic rings. The lowest BCUT2D eigenvalue weighted by Crippen LogP contribution is -2.13. The molecule has 0 bridgehead atoms. The number of hydrogen-bond acceptors (Lipinski definition) is 6. The second kappa shape index (κ2) is 18.1. The molecule has 0 fully saturated rings. The Morgan fingerprint density at radius 2 is 1.44 bits per heavy atom. The first-order valence-corrected chi connectivity index (χ1v) is 11.0. The quantitative estimate of drug-likeness (QED) is 0.246. The number of primary sulfonamides is 1. The molecule has 13 heteroatoms. The van der Waals surface area contributed by atoms with Crippen molar-refractivity contribution in [3.8, 4) is 22.6 Å². The number of rotatable bonds is 3. The highest BCUT2D eigenvalue weighted by Gasteiger charge is 2.20. The number of thiocarbonyl (C=S) groups is 2. The SMILES string of the molecule is C.C=CC.NC(O)=S.NC(O)=S.NS(=O)(=O)c1ccccc1-c1ncoc1-c1ccccc1.O. The summed E-state index contributed by atoms with van der Waals surface area (Å²) < 4.78 is 28.9. The fourth-order valence-electron chi connectivity index (χ4n) is 2.14. The number of aromatic nitrogens is 1. The molecule has 1 heterocycles. The van der Waals surface area contributed by atoms with Crippen LogP contribution in [0, 0.1) is 0 Å². The summed E-state index contributed by atoms with van der Waals surface area (Å²) in [5.74, 6) is 0.506. The summed E-state index contributed by atoms with van der Waals surface area (Å²) in [5.41, 5.74) is 10.5. The van der Waals surface area contributed by atoms with Crippen LogP contribution >= 0.6 is 24.4 Å². The van der Waals surface area contributed by atoms with E-state index in [1.165, 1.54) is 12.5 Å². The molecule has 2 aromatic carbocycles. The fourth-order valence-corrected chi connectivity index (χ4v) is 2.88. The Balaban J connectivity index is -0.000000630. The third-order valence-electron chi connectivity index (χ3n) is 3.05. The molecule has 0 aliphatic carbocycles. The van der Waals surface area contributed by atoms with Gasteiger partial charge < -0.3 is 31.6 Å². The van der Waals surface area contributed by atoms with Gasteiger partial charge in [0.05, 0.1) is 4.90 Å². The molecule has 3 rings (SSSR count). The van der Waals surface area contributed by atoms with E-state index in [1.807, 2.05) is 37.3 Å². The molecule has 188 valence electrons. The van der Waals surface area contributed by atoms with Gasteiger partial charge in [-0.15, -0.1) is 6.58 Å². The van der Waals surface area contributed by atoms with Crippen LogP contribution in [0.1, 0.15) is 14.4 Å². The van der Waals surface area contributed by atoms with Crippen molar-refractivity contribution in [3.05, 3.63) is 73.6 Å². The Bertz CT molecular complexity index is 1100. The number of benzene rings is 2. The highest BCUT2D eigenvalue weighted by molar-refractivity contribution is 7.89. The topological polar surface area (TPSA) is 210 Å². The molecule has 0 saturated heterocycles. The maximum Gasteiger partial charge on any atom is 0.251 e. The molecule has 0 radical (unpaired) electrons. The molecule has 10 N–H and O–H groups in total.